The number of fused-ring (bicyclic) bond motifs is 1. The maximum absolute atomic E-state index is 12.6. The van der Waals surface area contributed by atoms with Crippen LogP contribution in [-0.2, 0) is 0 Å². The molecule has 134 valence electrons. The molecule has 4 rings (SSSR count). The fourth-order valence-corrected chi connectivity index (χ4v) is 3.62. The molecule has 0 aliphatic heterocycles. The van der Waals surface area contributed by atoms with E-state index in [1.54, 1.807) is 18.3 Å². The summed E-state index contributed by atoms with van der Waals surface area (Å²) < 4.78 is 0. The second-order valence-corrected chi connectivity index (χ2v) is 7.18. The van der Waals surface area contributed by atoms with Crippen molar-refractivity contribution >= 4 is 39.0 Å². The summed E-state index contributed by atoms with van der Waals surface area (Å²) in [5, 5.41) is 7.76. The normalized spacial score (nSPS) is 10.7. The van der Waals surface area contributed by atoms with Gasteiger partial charge in [-0.1, -0.05) is 36.4 Å². The number of aromatic nitrogens is 2. The number of carbonyl (C=O) groups is 1. The molecule has 0 saturated heterocycles. The quantitative estimate of drug-likeness (QED) is 0.564. The van der Waals surface area contributed by atoms with Crippen LogP contribution in [0.5, 0.6) is 0 Å². The van der Waals surface area contributed by atoms with Crippen molar-refractivity contribution in [2.75, 3.05) is 24.3 Å². The molecule has 4 aromatic rings. The number of amides is 1. The summed E-state index contributed by atoms with van der Waals surface area (Å²) in [7, 11) is 3.72. The van der Waals surface area contributed by atoms with Crippen molar-refractivity contribution < 1.29 is 4.79 Å². The Hall–Kier alpha value is -3.25. The Morgan fingerprint density at radius 3 is 2.67 bits per heavy atom. The summed E-state index contributed by atoms with van der Waals surface area (Å²) in [6.45, 7) is 0. The molecule has 0 bridgehead atoms. The van der Waals surface area contributed by atoms with Gasteiger partial charge in [0.25, 0.3) is 5.91 Å². The highest BCUT2D eigenvalue weighted by molar-refractivity contribution is 7.14. The number of hydrogen-bond acceptors (Lipinski definition) is 5. The Balaban J connectivity index is 1.58. The molecule has 0 aliphatic rings. The van der Waals surface area contributed by atoms with Crippen LogP contribution in [0.1, 0.15) is 10.4 Å². The van der Waals surface area contributed by atoms with Crippen LogP contribution < -0.4 is 10.2 Å². The van der Waals surface area contributed by atoms with E-state index >= 15 is 0 Å². The van der Waals surface area contributed by atoms with Crippen molar-refractivity contribution in [1.29, 1.82) is 0 Å². The van der Waals surface area contributed by atoms with Crippen molar-refractivity contribution in [2.24, 2.45) is 0 Å². The van der Waals surface area contributed by atoms with Crippen molar-refractivity contribution in [3.63, 3.8) is 0 Å². The third-order valence-electron chi connectivity index (χ3n) is 4.22. The van der Waals surface area contributed by atoms with Crippen molar-refractivity contribution in [2.45, 2.75) is 0 Å². The van der Waals surface area contributed by atoms with Crippen LogP contribution in [0.25, 0.3) is 22.0 Å². The molecule has 0 aliphatic carbocycles. The van der Waals surface area contributed by atoms with Crippen LogP contribution in [-0.4, -0.2) is 30.0 Å². The number of benzene rings is 2. The monoisotopic (exact) mass is 374 g/mol. The summed E-state index contributed by atoms with van der Waals surface area (Å²) in [5.74, 6) is 0.410. The second-order valence-electron chi connectivity index (χ2n) is 6.32. The number of nitrogens with one attached hydrogen (secondary N) is 1. The first-order valence-corrected chi connectivity index (χ1v) is 9.38. The minimum atomic E-state index is -0.216. The van der Waals surface area contributed by atoms with Crippen molar-refractivity contribution in [3.8, 4) is 11.3 Å². The van der Waals surface area contributed by atoms with E-state index in [2.05, 4.69) is 39.6 Å². The lowest BCUT2D eigenvalue weighted by molar-refractivity contribution is 0.102. The van der Waals surface area contributed by atoms with Gasteiger partial charge in [0.15, 0.2) is 5.13 Å². The molecule has 2 heterocycles. The van der Waals surface area contributed by atoms with Crippen molar-refractivity contribution in [3.05, 3.63) is 71.7 Å². The van der Waals surface area contributed by atoms with Gasteiger partial charge < -0.3 is 4.90 Å². The van der Waals surface area contributed by atoms with Gasteiger partial charge in [-0.05, 0) is 29.0 Å². The van der Waals surface area contributed by atoms with Gasteiger partial charge in [-0.25, -0.2) is 9.97 Å². The van der Waals surface area contributed by atoms with Gasteiger partial charge in [-0.15, -0.1) is 11.3 Å². The molecular weight excluding hydrogens is 356 g/mol. The Labute approximate surface area is 161 Å². The molecule has 0 spiro atoms. The predicted molar refractivity (Wildman–Crippen MR) is 112 cm³/mol. The fraction of sp³-hybridized carbons (Fsp3) is 0.0952. The number of carbonyl (C=O) groups excluding carboxylic acids is 1. The lowest BCUT2D eigenvalue weighted by atomic mass is 10.1. The maximum Gasteiger partial charge on any atom is 0.261 e. The molecule has 1 amide bonds. The Bertz CT molecular complexity index is 1120. The Kier molecular flexibility index (Phi) is 4.56. The standard InChI is InChI=1S/C21H18N4OS/c1-25(2)19-17(8-5-11-22-19)20(26)24-21-23-18(13-27-21)16-10-9-14-6-3-4-7-15(14)12-16/h3-13H,1-2H3,(H,23,24,26). The van der Waals surface area contributed by atoms with E-state index in [9.17, 15) is 4.79 Å². The van der Waals surface area contributed by atoms with Crippen LogP contribution in [0.3, 0.4) is 0 Å². The molecule has 2 aromatic heterocycles. The van der Waals surface area contributed by atoms with Crippen LogP contribution in [0.2, 0.25) is 0 Å². The highest BCUT2D eigenvalue weighted by atomic mass is 32.1. The third-order valence-corrected chi connectivity index (χ3v) is 4.98. The van der Waals surface area contributed by atoms with Gasteiger partial charge >= 0.3 is 0 Å². The summed E-state index contributed by atoms with van der Waals surface area (Å²) in [4.78, 5) is 23.3. The van der Waals surface area contributed by atoms with Gasteiger partial charge in [0.2, 0.25) is 0 Å². The summed E-state index contributed by atoms with van der Waals surface area (Å²) >= 11 is 1.41. The van der Waals surface area contributed by atoms with E-state index in [-0.39, 0.29) is 5.91 Å². The predicted octanol–water partition coefficient (Wildman–Crippen LogP) is 4.68. The number of thiazole rings is 1. The molecule has 0 atom stereocenters. The second kappa shape index (κ2) is 7.17. The summed E-state index contributed by atoms with van der Waals surface area (Å²) in [6, 6.07) is 18.0. The Morgan fingerprint density at radius 1 is 1.04 bits per heavy atom. The highest BCUT2D eigenvalue weighted by Gasteiger charge is 2.15. The number of hydrogen-bond donors (Lipinski definition) is 1. The van der Waals surface area contributed by atoms with E-state index in [0.717, 1.165) is 11.3 Å². The molecule has 0 unspecified atom stereocenters. The lowest BCUT2D eigenvalue weighted by Crippen LogP contribution is -2.19. The average molecular weight is 374 g/mol. The van der Waals surface area contributed by atoms with Crippen LogP contribution in [0, 0.1) is 0 Å². The van der Waals surface area contributed by atoms with Gasteiger partial charge in [0.1, 0.15) is 5.82 Å². The van der Waals surface area contributed by atoms with E-state index in [0.29, 0.717) is 16.5 Å². The third kappa shape index (κ3) is 3.52. The molecule has 0 saturated carbocycles. The van der Waals surface area contributed by atoms with Crippen LogP contribution in [0.4, 0.5) is 10.9 Å². The number of rotatable bonds is 4. The fourth-order valence-electron chi connectivity index (χ4n) is 2.91. The Morgan fingerprint density at radius 2 is 1.85 bits per heavy atom. The molecule has 27 heavy (non-hydrogen) atoms. The van der Waals surface area contributed by atoms with Gasteiger partial charge in [-0.3, -0.25) is 10.1 Å². The molecule has 5 nitrogen and oxygen atoms in total. The molecule has 0 radical (unpaired) electrons. The summed E-state index contributed by atoms with van der Waals surface area (Å²) in [6.07, 6.45) is 1.67. The van der Waals surface area contributed by atoms with Crippen molar-refractivity contribution in [1.82, 2.24) is 9.97 Å². The smallest absolute Gasteiger partial charge is 0.261 e. The lowest BCUT2D eigenvalue weighted by Gasteiger charge is -2.14. The number of pyridine rings is 1. The van der Waals surface area contributed by atoms with Gasteiger partial charge in [0.05, 0.1) is 11.3 Å². The molecule has 1 N–H and O–H groups in total. The zero-order chi connectivity index (χ0) is 18.8. The first-order chi connectivity index (χ1) is 13.1. The molecule has 0 fully saturated rings. The highest BCUT2D eigenvalue weighted by Crippen LogP contribution is 2.28. The number of anilines is 2. The number of nitrogens with zero attached hydrogens (tertiary/aromatic N) is 3. The minimum absolute atomic E-state index is 0.216. The van der Waals surface area contributed by atoms with Crippen LogP contribution in [0.15, 0.2) is 66.2 Å². The van der Waals surface area contributed by atoms with E-state index in [4.69, 9.17) is 0 Å². The van der Waals surface area contributed by atoms with Crippen LogP contribution >= 0.6 is 11.3 Å². The largest absolute Gasteiger partial charge is 0.362 e. The molecule has 6 heteroatoms. The van der Waals surface area contributed by atoms with Gasteiger partial charge in [-0.2, -0.15) is 0 Å². The topological polar surface area (TPSA) is 58.1 Å². The SMILES string of the molecule is CN(C)c1ncccc1C(=O)Nc1nc(-c2ccc3ccccc3c2)cs1. The zero-order valence-electron chi connectivity index (χ0n) is 15.0. The maximum atomic E-state index is 12.6. The van der Waals surface area contributed by atoms with E-state index < -0.39 is 0 Å². The first kappa shape index (κ1) is 17.2. The first-order valence-electron chi connectivity index (χ1n) is 8.50. The molecular formula is C21H18N4OS. The van der Waals surface area contributed by atoms with Gasteiger partial charge in [0, 0.05) is 31.2 Å². The summed E-state index contributed by atoms with van der Waals surface area (Å²) in [5.41, 5.74) is 2.39. The van der Waals surface area contributed by atoms with E-state index in [1.807, 2.05) is 42.6 Å². The van der Waals surface area contributed by atoms with E-state index in [1.165, 1.54) is 22.1 Å². The minimum Gasteiger partial charge on any atom is -0.362 e. The average Bonchev–Trinajstić information content (AvgIpc) is 3.16. The zero-order valence-corrected chi connectivity index (χ0v) is 15.8. The molecule has 2 aromatic carbocycles.